The van der Waals surface area contributed by atoms with Crippen LogP contribution in [-0.2, 0) is 18.7 Å². The standard InChI is InChI=1S/C4H5N2O5P/c1-2(7)3(6-5)4(8)11-12(9)10/h12H,1H3,(H,9,10). The first-order chi connectivity index (χ1) is 5.49. The molecule has 0 aromatic heterocycles. The van der Waals surface area contributed by atoms with Crippen LogP contribution in [0.2, 0.25) is 0 Å². The Morgan fingerprint density at radius 1 is 1.58 bits per heavy atom. The topological polar surface area (TPSA) is 117 Å². The third-order valence-corrected chi connectivity index (χ3v) is 1.17. The maximum atomic E-state index is 10.6. The second-order valence-electron chi connectivity index (χ2n) is 1.66. The number of ketones is 1. The van der Waals surface area contributed by atoms with Gasteiger partial charge in [0.15, 0.2) is 0 Å². The third kappa shape index (κ3) is 3.21. The number of Topliss-reactive ketones (excluding diaryl/α,β-unsaturated/α-hetero) is 1. The zero-order valence-corrected chi connectivity index (χ0v) is 6.97. The van der Waals surface area contributed by atoms with Gasteiger partial charge in [0.1, 0.15) is 0 Å². The van der Waals surface area contributed by atoms with Crippen LogP contribution in [0.3, 0.4) is 0 Å². The number of hydrogen-bond acceptors (Lipinski definition) is 4. The van der Waals surface area contributed by atoms with Crippen molar-refractivity contribution >= 4 is 25.7 Å². The van der Waals surface area contributed by atoms with Crippen molar-refractivity contribution in [1.82, 2.24) is 0 Å². The van der Waals surface area contributed by atoms with Crippen LogP contribution in [0, 0.1) is 0 Å². The molecule has 0 aliphatic carbocycles. The summed E-state index contributed by atoms with van der Waals surface area (Å²) < 4.78 is 13.7. The second kappa shape index (κ2) is 4.56. The van der Waals surface area contributed by atoms with E-state index < -0.39 is 25.7 Å². The van der Waals surface area contributed by atoms with Crippen molar-refractivity contribution < 1.29 is 28.4 Å². The molecule has 0 rings (SSSR count). The van der Waals surface area contributed by atoms with Gasteiger partial charge in [-0.05, 0) is 0 Å². The van der Waals surface area contributed by atoms with Crippen molar-refractivity contribution in [2.75, 3.05) is 0 Å². The minimum atomic E-state index is -3.46. The van der Waals surface area contributed by atoms with Crippen LogP contribution < -0.4 is 0 Å². The van der Waals surface area contributed by atoms with Gasteiger partial charge in [0, 0.05) is 6.92 Å². The summed E-state index contributed by atoms with van der Waals surface area (Å²) in [5.41, 5.74) is 7.16. The summed E-state index contributed by atoms with van der Waals surface area (Å²) in [6.07, 6.45) is 0. The van der Waals surface area contributed by atoms with E-state index in [1.54, 1.807) is 0 Å². The van der Waals surface area contributed by atoms with Gasteiger partial charge in [0.05, 0.1) is 0 Å². The molecule has 0 fully saturated rings. The van der Waals surface area contributed by atoms with Crippen LogP contribution in [0.25, 0.3) is 5.53 Å². The molecule has 0 aliphatic rings. The zero-order valence-electron chi connectivity index (χ0n) is 5.97. The Hall–Kier alpha value is -1.29. The van der Waals surface area contributed by atoms with E-state index in [4.69, 9.17) is 10.4 Å². The highest BCUT2D eigenvalue weighted by atomic mass is 31.1. The fraction of sp³-hybridized carbons (Fsp3) is 0.250. The fourth-order valence-electron chi connectivity index (χ4n) is 0.383. The monoisotopic (exact) mass is 192 g/mol. The van der Waals surface area contributed by atoms with E-state index >= 15 is 0 Å². The van der Waals surface area contributed by atoms with E-state index in [0.29, 0.717) is 0 Å². The summed E-state index contributed by atoms with van der Waals surface area (Å²) in [6.45, 7) is 0.949. The van der Waals surface area contributed by atoms with E-state index in [-0.39, 0.29) is 0 Å². The van der Waals surface area contributed by atoms with Crippen LogP contribution in [0.1, 0.15) is 6.92 Å². The van der Waals surface area contributed by atoms with E-state index in [2.05, 4.69) is 9.31 Å². The highest BCUT2D eigenvalue weighted by Gasteiger charge is 2.28. The first-order valence-corrected chi connectivity index (χ1v) is 3.93. The van der Waals surface area contributed by atoms with E-state index in [9.17, 15) is 14.2 Å². The maximum absolute atomic E-state index is 10.6. The van der Waals surface area contributed by atoms with Crippen molar-refractivity contribution in [3.8, 4) is 0 Å². The molecule has 0 aromatic rings. The number of rotatable bonds is 3. The maximum Gasteiger partial charge on any atom is 0.441 e. The number of hydrogen-bond donors (Lipinski definition) is 1. The molecule has 1 atom stereocenters. The Labute approximate surface area is 67.5 Å². The quantitative estimate of drug-likeness (QED) is 0.206. The summed E-state index contributed by atoms with van der Waals surface area (Å²) in [4.78, 5) is 31.4. The molecule has 0 heterocycles. The lowest BCUT2D eigenvalue weighted by molar-refractivity contribution is -0.134. The normalized spacial score (nSPS) is 11.2. The SMILES string of the molecule is CC(=O)C(=[N+]=[N-])C(=O)O[PH](=O)O. The lowest BCUT2D eigenvalue weighted by atomic mass is 10.3. The lowest BCUT2D eigenvalue weighted by Crippen LogP contribution is -2.23. The minimum absolute atomic E-state index is 0.856. The molecule has 0 saturated heterocycles. The molecule has 12 heavy (non-hydrogen) atoms. The van der Waals surface area contributed by atoms with Crippen molar-refractivity contribution in [3.63, 3.8) is 0 Å². The van der Waals surface area contributed by atoms with E-state index in [1.807, 2.05) is 0 Å². The smallest absolute Gasteiger partial charge is 0.384 e. The predicted molar refractivity (Wildman–Crippen MR) is 36.6 cm³/mol. The molecule has 0 amide bonds. The summed E-state index contributed by atoms with van der Waals surface area (Å²) in [5, 5.41) is 0. The molecule has 0 radical (unpaired) electrons. The molecule has 66 valence electrons. The van der Waals surface area contributed by atoms with Crippen molar-refractivity contribution in [2.24, 2.45) is 0 Å². The molecule has 7 nitrogen and oxygen atoms in total. The third-order valence-electron chi connectivity index (χ3n) is 0.807. The average Bonchev–Trinajstić information content (AvgIpc) is 1.85. The van der Waals surface area contributed by atoms with Gasteiger partial charge in [-0.25, -0.2) is 9.36 Å². The molecular weight excluding hydrogens is 187 g/mol. The van der Waals surface area contributed by atoms with Crippen LogP contribution in [0.5, 0.6) is 0 Å². The highest BCUT2D eigenvalue weighted by Crippen LogP contribution is 2.14. The average molecular weight is 192 g/mol. The van der Waals surface area contributed by atoms with Gasteiger partial charge in [-0.1, -0.05) is 0 Å². The highest BCUT2D eigenvalue weighted by molar-refractivity contribution is 7.33. The summed E-state index contributed by atoms with van der Waals surface area (Å²) in [7, 11) is -3.46. The Bertz CT molecular complexity index is 292. The molecule has 0 spiro atoms. The minimum Gasteiger partial charge on any atom is -0.384 e. The molecule has 0 saturated carbocycles. The molecule has 0 aliphatic heterocycles. The first-order valence-electron chi connectivity index (χ1n) is 2.67. The second-order valence-corrected chi connectivity index (χ2v) is 2.40. The summed E-state index contributed by atoms with van der Waals surface area (Å²) in [5.74, 6) is -2.28. The van der Waals surface area contributed by atoms with Crippen molar-refractivity contribution in [2.45, 2.75) is 6.92 Å². The molecule has 1 unspecified atom stereocenters. The Kier molecular flexibility index (Phi) is 4.07. The van der Waals surface area contributed by atoms with Crippen molar-refractivity contribution in [1.29, 1.82) is 0 Å². The largest absolute Gasteiger partial charge is 0.441 e. The summed E-state index contributed by atoms with van der Waals surface area (Å²) in [6, 6.07) is 0. The summed E-state index contributed by atoms with van der Waals surface area (Å²) >= 11 is 0. The zero-order chi connectivity index (χ0) is 9.72. The molecule has 1 N–H and O–H groups in total. The predicted octanol–water partition coefficient (Wildman–Crippen LogP) is -0.829. The number of carbonyl (C=O) groups is 2. The van der Waals surface area contributed by atoms with Gasteiger partial charge in [-0.2, -0.15) is 4.79 Å². The molecular formula is C4H5N2O5P. The van der Waals surface area contributed by atoms with Gasteiger partial charge in [0.2, 0.25) is 5.78 Å². The van der Waals surface area contributed by atoms with Crippen LogP contribution >= 0.6 is 8.25 Å². The Morgan fingerprint density at radius 3 is 2.33 bits per heavy atom. The fourth-order valence-corrected chi connectivity index (χ4v) is 0.638. The molecule has 0 aromatic carbocycles. The lowest BCUT2D eigenvalue weighted by Gasteiger charge is -1.91. The van der Waals surface area contributed by atoms with Gasteiger partial charge >= 0.3 is 19.9 Å². The Balaban J connectivity index is 4.57. The number of nitrogens with zero attached hydrogens (tertiary/aromatic N) is 2. The molecule has 8 heteroatoms. The van der Waals surface area contributed by atoms with Crippen LogP contribution in [-0.4, -0.2) is 27.1 Å². The van der Waals surface area contributed by atoms with Crippen molar-refractivity contribution in [3.05, 3.63) is 5.53 Å². The van der Waals surface area contributed by atoms with Gasteiger partial charge in [-0.3, -0.25) is 4.79 Å². The van der Waals surface area contributed by atoms with Crippen LogP contribution in [0.4, 0.5) is 0 Å². The molecule has 0 bridgehead atoms. The Morgan fingerprint density at radius 2 is 2.08 bits per heavy atom. The van der Waals surface area contributed by atoms with Gasteiger partial charge < -0.3 is 14.9 Å². The van der Waals surface area contributed by atoms with Gasteiger partial charge in [0.25, 0.3) is 0 Å². The van der Waals surface area contributed by atoms with Crippen LogP contribution in [0.15, 0.2) is 0 Å². The van der Waals surface area contributed by atoms with E-state index in [1.165, 1.54) is 0 Å². The van der Waals surface area contributed by atoms with E-state index in [0.717, 1.165) is 6.92 Å². The number of carbonyl (C=O) groups excluding carboxylic acids is 2. The first kappa shape index (κ1) is 10.7. The van der Waals surface area contributed by atoms with Gasteiger partial charge in [-0.15, -0.1) is 0 Å².